The molecule has 0 saturated carbocycles. The van der Waals surface area contributed by atoms with Crippen LogP contribution in [0.25, 0.3) is 0 Å². The Balaban J connectivity index is 2.55. The highest BCUT2D eigenvalue weighted by atomic mass is 32.2. The fourth-order valence-electron chi connectivity index (χ4n) is 1.38. The van der Waals surface area contributed by atoms with Crippen LogP contribution in [0.3, 0.4) is 0 Å². The minimum atomic E-state index is -0.735. The molecule has 0 aliphatic carbocycles. The van der Waals surface area contributed by atoms with Crippen molar-refractivity contribution in [1.29, 1.82) is 0 Å². The van der Waals surface area contributed by atoms with Gasteiger partial charge in [-0.15, -0.1) is 11.8 Å². The lowest BCUT2D eigenvalue weighted by Crippen LogP contribution is -2.19. The van der Waals surface area contributed by atoms with E-state index in [0.29, 0.717) is 6.42 Å². The summed E-state index contributed by atoms with van der Waals surface area (Å²) >= 11 is 1.48. The molecule has 1 rings (SSSR count). The molecule has 0 aliphatic heterocycles. The Bertz CT molecular complexity index is 380. The first-order valence-corrected chi connectivity index (χ1v) is 6.66. The van der Waals surface area contributed by atoms with E-state index in [0.717, 1.165) is 11.3 Å². The van der Waals surface area contributed by atoms with E-state index in [-0.39, 0.29) is 5.25 Å². The zero-order chi connectivity index (χ0) is 12.7. The number of carboxylic acid groups (broad SMARTS) is 1. The Hall–Kier alpha value is -1.22. The predicted molar refractivity (Wildman–Crippen MR) is 73.5 cm³/mol. The van der Waals surface area contributed by atoms with Gasteiger partial charge in [0, 0.05) is 5.75 Å². The van der Waals surface area contributed by atoms with Gasteiger partial charge in [0.2, 0.25) is 0 Å². The van der Waals surface area contributed by atoms with Crippen LogP contribution in [0.2, 0.25) is 0 Å². The molecule has 1 atom stereocenters. The highest BCUT2D eigenvalue weighted by Gasteiger charge is 2.17. The second-order valence-corrected chi connectivity index (χ2v) is 5.37. The molecule has 0 spiro atoms. The number of benzene rings is 1. The van der Waals surface area contributed by atoms with Crippen molar-refractivity contribution in [2.75, 3.05) is 5.75 Å². The molecule has 0 bridgehead atoms. The first-order valence-electron chi connectivity index (χ1n) is 5.61. The summed E-state index contributed by atoms with van der Waals surface area (Å²) in [5, 5.41) is 8.79. The summed E-state index contributed by atoms with van der Waals surface area (Å²) in [4.78, 5) is 11.1. The van der Waals surface area contributed by atoms with Gasteiger partial charge in [-0.3, -0.25) is 4.79 Å². The third-order valence-electron chi connectivity index (χ3n) is 2.33. The number of allylic oxidation sites excluding steroid dienone is 1. The maximum absolute atomic E-state index is 11.1. The zero-order valence-corrected chi connectivity index (χ0v) is 11.0. The van der Waals surface area contributed by atoms with Crippen molar-refractivity contribution in [3.8, 4) is 0 Å². The molecule has 0 aliphatic rings. The van der Waals surface area contributed by atoms with Gasteiger partial charge in [-0.1, -0.05) is 42.0 Å². The van der Waals surface area contributed by atoms with Crippen LogP contribution in [-0.2, 0) is 11.2 Å². The number of thioether (sulfide) groups is 1. The molecule has 1 aromatic carbocycles. The maximum Gasteiger partial charge on any atom is 0.316 e. The van der Waals surface area contributed by atoms with E-state index in [1.807, 2.05) is 44.2 Å². The number of hydrogen-bond donors (Lipinski definition) is 1. The summed E-state index contributed by atoms with van der Waals surface area (Å²) in [6.45, 7) is 4.04. The Labute approximate surface area is 107 Å². The van der Waals surface area contributed by atoms with Gasteiger partial charge >= 0.3 is 5.97 Å². The predicted octanol–water partition coefficient (Wildman–Crippen LogP) is 3.38. The van der Waals surface area contributed by atoms with Crippen molar-refractivity contribution in [1.82, 2.24) is 0 Å². The maximum atomic E-state index is 11.1. The lowest BCUT2D eigenvalue weighted by Gasteiger charge is -2.10. The number of rotatable bonds is 6. The Morgan fingerprint density at radius 1 is 1.35 bits per heavy atom. The van der Waals surface area contributed by atoms with Gasteiger partial charge in [0.1, 0.15) is 5.25 Å². The van der Waals surface area contributed by atoms with Crippen molar-refractivity contribution in [2.24, 2.45) is 0 Å². The summed E-state index contributed by atoms with van der Waals surface area (Å²) in [6, 6.07) is 9.76. The highest BCUT2D eigenvalue weighted by Crippen LogP contribution is 2.17. The fourth-order valence-corrected chi connectivity index (χ4v) is 2.49. The van der Waals surface area contributed by atoms with E-state index in [1.165, 1.54) is 17.3 Å². The SMILES string of the molecule is CC(C)=CCSC(Cc1ccccc1)C(=O)O. The standard InChI is InChI=1S/C14H18O2S/c1-11(2)8-9-17-13(14(15)16)10-12-6-4-3-5-7-12/h3-8,13H,9-10H2,1-2H3,(H,15,16). The van der Waals surface area contributed by atoms with Gasteiger partial charge in [0.05, 0.1) is 0 Å². The zero-order valence-electron chi connectivity index (χ0n) is 10.2. The molecule has 0 heterocycles. The van der Waals surface area contributed by atoms with Crippen LogP contribution in [0, 0.1) is 0 Å². The van der Waals surface area contributed by atoms with Crippen molar-refractivity contribution >= 4 is 17.7 Å². The van der Waals surface area contributed by atoms with E-state index < -0.39 is 5.97 Å². The van der Waals surface area contributed by atoms with E-state index in [9.17, 15) is 4.79 Å². The molecule has 1 aromatic rings. The molecule has 1 unspecified atom stereocenters. The number of hydrogen-bond acceptors (Lipinski definition) is 2. The molecule has 0 saturated heterocycles. The fraction of sp³-hybridized carbons (Fsp3) is 0.357. The summed E-state index contributed by atoms with van der Waals surface area (Å²) in [5.74, 6) is 0.0209. The largest absolute Gasteiger partial charge is 0.480 e. The minimum absolute atomic E-state index is 0.368. The Kier molecular flexibility index (Phi) is 5.84. The van der Waals surface area contributed by atoms with Crippen LogP contribution in [0.1, 0.15) is 19.4 Å². The first kappa shape index (κ1) is 13.8. The molecule has 0 amide bonds. The van der Waals surface area contributed by atoms with Crippen LogP contribution >= 0.6 is 11.8 Å². The molecule has 0 aromatic heterocycles. The lowest BCUT2D eigenvalue weighted by molar-refractivity contribution is -0.136. The van der Waals surface area contributed by atoms with Crippen molar-refractivity contribution in [3.63, 3.8) is 0 Å². The van der Waals surface area contributed by atoms with Crippen LogP contribution in [0.4, 0.5) is 0 Å². The van der Waals surface area contributed by atoms with Crippen molar-refractivity contribution < 1.29 is 9.90 Å². The molecule has 3 heteroatoms. The number of aliphatic carboxylic acids is 1. The monoisotopic (exact) mass is 250 g/mol. The Morgan fingerprint density at radius 3 is 2.53 bits per heavy atom. The molecule has 0 fully saturated rings. The Morgan fingerprint density at radius 2 is 2.00 bits per heavy atom. The second-order valence-electron chi connectivity index (χ2n) is 4.13. The van der Waals surface area contributed by atoms with Crippen LogP contribution in [0.15, 0.2) is 42.0 Å². The van der Waals surface area contributed by atoms with E-state index in [1.54, 1.807) is 0 Å². The molecule has 2 nitrogen and oxygen atoms in total. The molecule has 1 N–H and O–H groups in total. The number of carboxylic acids is 1. The first-order chi connectivity index (χ1) is 8.09. The molecular weight excluding hydrogens is 232 g/mol. The minimum Gasteiger partial charge on any atom is -0.480 e. The van der Waals surface area contributed by atoms with Gasteiger partial charge in [-0.05, 0) is 25.8 Å². The third kappa shape index (κ3) is 5.59. The van der Waals surface area contributed by atoms with E-state index >= 15 is 0 Å². The average Bonchev–Trinajstić information content (AvgIpc) is 2.28. The summed E-state index contributed by atoms with van der Waals surface area (Å²) in [5.41, 5.74) is 2.30. The third-order valence-corrected chi connectivity index (χ3v) is 3.46. The van der Waals surface area contributed by atoms with Gasteiger partial charge in [-0.25, -0.2) is 0 Å². The van der Waals surface area contributed by atoms with Gasteiger partial charge in [0.15, 0.2) is 0 Å². The topological polar surface area (TPSA) is 37.3 Å². The highest BCUT2D eigenvalue weighted by molar-refractivity contribution is 8.00. The quantitative estimate of drug-likeness (QED) is 0.786. The van der Waals surface area contributed by atoms with Crippen LogP contribution in [-0.4, -0.2) is 22.1 Å². The normalized spacial score (nSPS) is 11.9. The van der Waals surface area contributed by atoms with Gasteiger partial charge < -0.3 is 5.11 Å². The summed E-state index contributed by atoms with van der Waals surface area (Å²) in [7, 11) is 0. The average molecular weight is 250 g/mol. The smallest absolute Gasteiger partial charge is 0.316 e. The van der Waals surface area contributed by atoms with Crippen LogP contribution in [0.5, 0.6) is 0 Å². The summed E-state index contributed by atoms with van der Waals surface area (Å²) < 4.78 is 0. The summed E-state index contributed by atoms with van der Waals surface area (Å²) in [6.07, 6.45) is 2.64. The van der Waals surface area contributed by atoms with Crippen LogP contribution < -0.4 is 0 Å². The molecule has 0 radical (unpaired) electrons. The number of carbonyl (C=O) groups is 1. The van der Waals surface area contributed by atoms with E-state index in [4.69, 9.17) is 5.11 Å². The second kappa shape index (κ2) is 7.17. The van der Waals surface area contributed by atoms with Gasteiger partial charge in [-0.2, -0.15) is 0 Å². The van der Waals surface area contributed by atoms with Crippen molar-refractivity contribution in [2.45, 2.75) is 25.5 Å². The molecular formula is C14H18O2S. The molecule has 92 valence electrons. The van der Waals surface area contributed by atoms with Crippen molar-refractivity contribution in [3.05, 3.63) is 47.5 Å². The molecule has 17 heavy (non-hydrogen) atoms. The van der Waals surface area contributed by atoms with E-state index in [2.05, 4.69) is 6.08 Å². The lowest BCUT2D eigenvalue weighted by atomic mass is 10.1. The van der Waals surface area contributed by atoms with Gasteiger partial charge in [0.25, 0.3) is 0 Å².